The fourth-order valence-corrected chi connectivity index (χ4v) is 2.28. The Morgan fingerprint density at radius 3 is 2.70 bits per heavy atom. The lowest BCUT2D eigenvalue weighted by Gasteiger charge is -2.17. The molecule has 1 aromatic rings. The van der Waals surface area contributed by atoms with Crippen LogP contribution in [-0.4, -0.2) is 42.1 Å². The summed E-state index contributed by atoms with van der Waals surface area (Å²) in [4.78, 5) is 13.5. The van der Waals surface area contributed by atoms with Gasteiger partial charge >= 0.3 is 0 Å². The van der Waals surface area contributed by atoms with Crippen LogP contribution in [0.25, 0.3) is 0 Å². The Morgan fingerprint density at radius 1 is 1.35 bits per heavy atom. The highest BCUT2D eigenvalue weighted by Gasteiger charge is 2.18. The van der Waals surface area contributed by atoms with Gasteiger partial charge in [-0.3, -0.25) is 4.79 Å². The minimum Gasteiger partial charge on any atom is -0.387 e. The third kappa shape index (κ3) is 3.74. The minimum atomic E-state index is -1.11. The molecule has 1 atom stereocenters. The second-order valence-corrected chi connectivity index (χ2v) is 4.90. The maximum absolute atomic E-state index is 13.4. The van der Waals surface area contributed by atoms with Crippen molar-refractivity contribution in [2.75, 3.05) is 26.2 Å². The van der Waals surface area contributed by atoms with Gasteiger partial charge in [0.25, 0.3) is 0 Å². The largest absolute Gasteiger partial charge is 0.387 e. The number of amides is 1. The Kier molecular flexibility index (Phi) is 5.03. The van der Waals surface area contributed by atoms with E-state index in [-0.39, 0.29) is 24.6 Å². The zero-order valence-electron chi connectivity index (χ0n) is 11.1. The first-order chi connectivity index (χ1) is 9.58. The number of nitrogens with one attached hydrogen (secondary N) is 1. The van der Waals surface area contributed by atoms with Crippen molar-refractivity contribution in [1.29, 1.82) is 0 Å². The van der Waals surface area contributed by atoms with E-state index in [1.807, 2.05) is 0 Å². The number of nitrogens with zero attached hydrogens (tertiary/aromatic N) is 1. The second-order valence-electron chi connectivity index (χ2n) is 4.90. The first-order valence-corrected chi connectivity index (χ1v) is 6.69. The van der Waals surface area contributed by atoms with Crippen molar-refractivity contribution >= 4 is 5.91 Å². The monoisotopic (exact) mass is 284 g/mol. The molecule has 1 aliphatic heterocycles. The van der Waals surface area contributed by atoms with Crippen molar-refractivity contribution in [2.45, 2.75) is 18.9 Å². The van der Waals surface area contributed by atoms with Gasteiger partial charge in [0, 0.05) is 31.3 Å². The molecule has 1 unspecified atom stereocenters. The van der Waals surface area contributed by atoms with E-state index in [4.69, 9.17) is 0 Å². The van der Waals surface area contributed by atoms with Gasteiger partial charge < -0.3 is 15.3 Å². The van der Waals surface area contributed by atoms with Crippen LogP contribution in [0.15, 0.2) is 18.2 Å². The SMILES string of the molecule is O=C(CNCC(O)c1ccc(F)cc1F)N1CCCC1. The van der Waals surface area contributed by atoms with Crippen LogP contribution in [0.1, 0.15) is 24.5 Å². The summed E-state index contributed by atoms with van der Waals surface area (Å²) in [6, 6.07) is 3.03. The number of aliphatic hydroxyl groups is 1. The van der Waals surface area contributed by atoms with Crippen molar-refractivity contribution in [3.8, 4) is 0 Å². The fourth-order valence-electron chi connectivity index (χ4n) is 2.28. The van der Waals surface area contributed by atoms with Gasteiger partial charge in [-0.15, -0.1) is 0 Å². The van der Waals surface area contributed by atoms with Crippen molar-refractivity contribution in [3.63, 3.8) is 0 Å². The standard InChI is InChI=1S/C14H18F2N2O2/c15-10-3-4-11(12(16)7-10)13(19)8-17-9-14(20)18-5-1-2-6-18/h3-4,7,13,17,19H,1-2,5-6,8-9H2. The quantitative estimate of drug-likeness (QED) is 0.854. The van der Waals surface area contributed by atoms with Crippen molar-refractivity contribution in [1.82, 2.24) is 10.2 Å². The molecular weight excluding hydrogens is 266 g/mol. The zero-order chi connectivity index (χ0) is 14.5. The zero-order valence-corrected chi connectivity index (χ0v) is 11.1. The molecule has 110 valence electrons. The summed E-state index contributed by atoms with van der Waals surface area (Å²) in [7, 11) is 0. The van der Waals surface area contributed by atoms with E-state index in [1.165, 1.54) is 6.07 Å². The number of carbonyl (C=O) groups excluding carboxylic acids is 1. The molecule has 20 heavy (non-hydrogen) atoms. The smallest absolute Gasteiger partial charge is 0.236 e. The first kappa shape index (κ1) is 14.9. The summed E-state index contributed by atoms with van der Waals surface area (Å²) in [6.07, 6.45) is 0.937. The third-order valence-electron chi connectivity index (χ3n) is 3.39. The lowest BCUT2D eigenvalue weighted by molar-refractivity contribution is -0.129. The summed E-state index contributed by atoms with van der Waals surface area (Å²) in [5.41, 5.74) is 0.0209. The molecule has 0 radical (unpaired) electrons. The van der Waals surface area contributed by atoms with Crippen LogP contribution in [0.2, 0.25) is 0 Å². The highest BCUT2D eigenvalue weighted by atomic mass is 19.1. The molecule has 1 amide bonds. The Morgan fingerprint density at radius 2 is 2.05 bits per heavy atom. The Balaban J connectivity index is 1.79. The first-order valence-electron chi connectivity index (χ1n) is 6.69. The molecule has 1 heterocycles. The maximum atomic E-state index is 13.4. The topological polar surface area (TPSA) is 52.6 Å². The van der Waals surface area contributed by atoms with Gasteiger partial charge in [0.15, 0.2) is 0 Å². The predicted octanol–water partition coefficient (Wildman–Crippen LogP) is 1.21. The fraction of sp³-hybridized carbons (Fsp3) is 0.500. The summed E-state index contributed by atoms with van der Waals surface area (Å²) in [6.45, 7) is 1.70. The van der Waals surface area contributed by atoms with Crippen LogP contribution in [0.5, 0.6) is 0 Å². The molecule has 2 N–H and O–H groups in total. The number of benzene rings is 1. The van der Waals surface area contributed by atoms with E-state index in [9.17, 15) is 18.7 Å². The van der Waals surface area contributed by atoms with Crippen molar-refractivity contribution in [2.24, 2.45) is 0 Å². The highest BCUT2D eigenvalue weighted by Crippen LogP contribution is 2.17. The molecule has 0 spiro atoms. The van der Waals surface area contributed by atoms with E-state index in [1.54, 1.807) is 4.90 Å². The van der Waals surface area contributed by atoms with Gasteiger partial charge in [-0.1, -0.05) is 6.07 Å². The lowest BCUT2D eigenvalue weighted by atomic mass is 10.1. The number of hydrogen-bond donors (Lipinski definition) is 2. The normalized spacial score (nSPS) is 16.4. The van der Waals surface area contributed by atoms with Crippen LogP contribution < -0.4 is 5.32 Å². The number of likely N-dealkylation sites (tertiary alicyclic amines) is 1. The Labute approximate surface area is 116 Å². The van der Waals surface area contributed by atoms with Gasteiger partial charge in [0.05, 0.1) is 12.6 Å². The van der Waals surface area contributed by atoms with Gasteiger partial charge in [-0.25, -0.2) is 8.78 Å². The molecule has 0 saturated carbocycles. The van der Waals surface area contributed by atoms with E-state index in [0.29, 0.717) is 0 Å². The number of rotatable bonds is 5. The molecule has 1 aliphatic rings. The summed E-state index contributed by atoms with van der Waals surface area (Å²) >= 11 is 0. The average molecular weight is 284 g/mol. The summed E-state index contributed by atoms with van der Waals surface area (Å²) in [5.74, 6) is -1.49. The molecule has 6 heteroatoms. The van der Waals surface area contributed by atoms with E-state index < -0.39 is 17.7 Å². The molecule has 0 aromatic heterocycles. The van der Waals surface area contributed by atoms with Gasteiger partial charge in [0.2, 0.25) is 5.91 Å². The second kappa shape index (κ2) is 6.76. The molecule has 1 fully saturated rings. The van der Waals surface area contributed by atoms with E-state index >= 15 is 0 Å². The molecule has 4 nitrogen and oxygen atoms in total. The molecule has 1 saturated heterocycles. The maximum Gasteiger partial charge on any atom is 0.236 e. The molecule has 2 rings (SSSR count). The van der Waals surface area contributed by atoms with Crippen LogP contribution in [0.3, 0.4) is 0 Å². The molecular formula is C14H18F2N2O2. The number of carbonyl (C=O) groups is 1. The van der Waals surface area contributed by atoms with Crippen LogP contribution in [0.4, 0.5) is 8.78 Å². The van der Waals surface area contributed by atoms with Gasteiger partial charge in [0.1, 0.15) is 11.6 Å². The van der Waals surface area contributed by atoms with E-state index in [2.05, 4.69) is 5.32 Å². The van der Waals surface area contributed by atoms with Gasteiger partial charge in [-0.05, 0) is 18.9 Å². The third-order valence-corrected chi connectivity index (χ3v) is 3.39. The summed E-state index contributed by atoms with van der Waals surface area (Å²) in [5, 5.41) is 12.6. The average Bonchev–Trinajstić information content (AvgIpc) is 2.92. The number of halogens is 2. The van der Waals surface area contributed by atoms with E-state index in [0.717, 1.165) is 38.1 Å². The number of aliphatic hydroxyl groups excluding tert-OH is 1. The van der Waals surface area contributed by atoms with Crippen molar-refractivity contribution < 1.29 is 18.7 Å². The Bertz CT molecular complexity index is 476. The van der Waals surface area contributed by atoms with Gasteiger partial charge in [-0.2, -0.15) is 0 Å². The molecule has 1 aromatic carbocycles. The highest BCUT2D eigenvalue weighted by molar-refractivity contribution is 5.78. The predicted molar refractivity (Wildman–Crippen MR) is 70.0 cm³/mol. The minimum absolute atomic E-state index is 0.0192. The van der Waals surface area contributed by atoms with Crippen LogP contribution in [0, 0.1) is 11.6 Å². The molecule has 0 bridgehead atoms. The number of hydrogen-bond acceptors (Lipinski definition) is 3. The van der Waals surface area contributed by atoms with Crippen LogP contribution in [-0.2, 0) is 4.79 Å². The lowest BCUT2D eigenvalue weighted by Crippen LogP contribution is -2.37. The van der Waals surface area contributed by atoms with Crippen molar-refractivity contribution in [3.05, 3.63) is 35.4 Å². The molecule has 0 aliphatic carbocycles. The summed E-state index contributed by atoms with van der Waals surface area (Å²) < 4.78 is 26.2. The Hall–Kier alpha value is -1.53. The van der Waals surface area contributed by atoms with Crippen LogP contribution >= 0.6 is 0 Å².